The van der Waals surface area contributed by atoms with Gasteiger partial charge >= 0.3 is 5.69 Å². The quantitative estimate of drug-likeness (QED) is 0.429. The fourth-order valence-electron chi connectivity index (χ4n) is 2.93. The number of benzene rings is 1. The Kier molecular flexibility index (Phi) is 3.95. The average molecular weight is 432 g/mol. The summed E-state index contributed by atoms with van der Waals surface area (Å²) in [6.07, 6.45) is 0. The number of aryl methyl sites for hydroxylation is 2. The largest absolute Gasteiger partial charge is 0.493 e. The first-order valence-corrected chi connectivity index (χ1v) is 8.81. The number of fused-ring (bicyclic) bond motifs is 2. The average Bonchev–Trinajstić information content (AvgIpc) is 3.15. The van der Waals surface area contributed by atoms with Gasteiger partial charge in [0.1, 0.15) is 0 Å². The van der Waals surface area contributed by atoms with Gasteiger partial charge in [-0.2, -0.15) is 4.98 Å². The lowest BCUT2D eigenvalue weighted by atomic mass is 10.2. The molecular formula is C16H14BrN7O3. The number of hydrogen-bond acceptors (Lipinski definition) is 6. The lowest BCUT2D eigenvalue weighted by Gasteiger charge is -2.01. The molecule has 0 saturated carbocycles. The smallest absolute Gasteiger partial charge is 0.329 e. The van der Waals surface area contributed by atoms with E-state index >= 15 is 0 Å². The van der Waals surface area contributed by atoms with E-state index in [2.05, 4.69) is 41.1 Å². The molecule has 0 amide bonds. The van der Waals surface area contributed by atoms with E-state index in [1.54, 1.807) is 16.7 Å². The number of H-pyrrole nitrogens is 2. The Labute approximate surface area is 159 Å². The summed E-state index contributed by atoms with van der Waals surface area (Å²) >= 11 is 3.39. The molecule has 0 aliphatic rings. The summed E-state index contributed by atoms with van der Waals surface area (Å²) in [5.74, 6) is 0.0270. The summed E-state index contributed by atoms with van der Waals surface area (Å²) in [4.78, 5) is 33.3. The van der Waals surface area contributed by atoms with Crippen molar-refractivity contribution in [2.24, 2.45) is 17.3 Å². The Bertz CT molecular complexity index is 1340. The highest BCUT2D eigenvalue weighted by molar-refractivity contribution is 9.10. The second-order valence-corrected chi connectivity index (χ2v) is 6.77. The summed E-state index contributed by atoms with van der Waals surface area (Å²) in [6.45, 7) is 2.22. The van der Waals surface area contributed by atoms with Crippen LogP contribution >= 0.6 is 15.9 Å². The summed E-state index contributed by atoms with van der Waals surface area (Å²) in [5, 5.41) is 19.1. The number of hydrogen-bond donors (Lipinski definition) is 3. The van der Waals surface area contributed by atoms with E-state index in [0.717, 1.165) is 4.47 Å². The molecule has 4 aromatic rings. The molecule has 138 valence electrons. The van der Waals surface area contributed by atoms with Crippen LogP contribution in [-0.4, -0.2) is 29.2 Å². The van der Waals surface area contributed by atoms with Crippen LogP contribution in [0.5, 0.6) is 5.88 Å². The fraction of sp³-hybridized carbons (Fsp3) is 0.188. The van der Waals surface area contributed by atoms with Gasteiger partial charge in [0.05, 0.1) is 5.52 Å². The van der Waals surface area contributed by atoms with Crippen molar-refractivity contribution in [2.45, 2.75) is 13.5 Å². The van der Waals surface area contributed by atoms with Crippen LogP contribution in [0.25, 0.3) is 22.1 Å². The van der Waals surface area contributed by atoms with Crippen LogP contribution in [0, 0.1) is 0 Å². The van der Waals surface area contributed by atoms with Crippen LogP contribution in [-0.2, 0) is 13.6 Å². The lowest BCUT2D eigenvalue weighted by Crippen LogP contribution is -2.29. The number of azo groups is 1. The number of aromatic hydroxyl groups is 1. The molecule has 4 rings (SSSR count). The van der Waals surface area contributed by atoms with E-state index in [4.69, 9.17) is 0 Å². The molecule has 0 radical (unpaired) electrons. The Hall–Kier alpha value is -3.21. The van der Waals surface area contributed by atoms with Crippen molar-refractivity contribution >= 4 is 49.6 Å². The van der Waals surface area contributed by atoms with E-state index in [0.29, 0.717) is 17.4 Å². The van der Waals surface area contributed by atoms with Crippen molar-refractivity contribution in [1.82, 2.24) is 24.1 Å². The van der Waals surface area contributed by atoms with Crippen molar-refractivity contribution in [1.29, 1.82) is 0 Å². The molecule has 0 spiro atoms. The Balaban J connectivity index is 1.92. The van der Waals surface area contributed by atoms with Gasteiger partial charge in [0, 0.05) is 23.5 Å². The van der Waals surface area contributed by atoms with Crippen LogP contribution in [0.4, 0.5) is 11.6 Å². The topological polar surface area (TPSA) is 133 Å². The molecule has 0 aliphatic carbocycles. The van der Waals surface area contributed by atoms with Crippen molar-refractivity contribution in [3.8, 4) is 5.88 Å². The Morgan fingerprint density at radius 1 is 1.26 bits per heavy atom. The second-order valence-electron chi connectivity index (χ2n) is 5.86. The van der Waals surface area contributed by atoms with Gasteiger partial charge in [-0.1, -0.05) is 15.9 Å². The number of nitrogens with one attached hydrogen (secondary N) is 2. The highest BCUT2D eigenvalue weighted by Crippen LogP contribution is 2.37. The minimum Gasteiger partial charge on any atom is -0.493 e. The monoisotopic (exact) mass is 431 g/mol. The first-order chi connectivity index (χ1) is 12.9. The molecule has 0 saturated heterocycles. The van der Waals surface area contributed by atoms with Gasteiger partial charge in [-0.25, -0.2) is 4.79 Å². The number of aromatic amines is 2. The molecule has 0 atom stereocenters. The van der Waals surface area contributed by atoms with Crippen molar-refractivity contribution in [2.75, 3.05) is 0 Å². The van der Waals surface area contributed by atoms with Gasteiger partial charge in [0.2, 0.25) is 5.88 Å². The number of halogens is 1. The predicted molar refractivity (Wildman–Crippen MR) is 103 cm³/mol. The van der Waals surface area contributed by atoms with Crippen molar-refractivity contribution < 1.29 is 5.11 Å². The molecule has 0 fully saturated rings. The SMILES string of the molecule is CCn1c(N=Nc2c(O)[nH]c3ccc(Br)cc23)nc2c1c(=O)[nH]c(=O)n2C. The maximum absolute atomic E-state index is 12.2. The van der Waals surface area contributed by atoms with E-state index in [1.165, 1.54) is 11.6 Å². The lowest BCUT2D eigenvalue weighted by molar-refractivity contribution is 0.459. The Morgan fingerprint density at radius 2 is 2.04 bits per heavy atom. The third kappa shape index (κ3) is 2.67. The van der Waals surface area contributed by atoms with Crippen LogP contribution in [0.1, 0.15) is 6.92 Å². The summed E-state index contributed by atoms with van der Waals surface area (Å²) in [6, 6.07) is 5.44. The second kappa shape index (κ2) is 6.20. The highest BCUT2D eigenvalue weighted by Gasteiger charge is 2.17. The third-order valence-electron chi connectivity index (χ3n) is 4.26. The van der Waals surface area contributed by atoms with E-state index in [9.17, 15) is 14.7 Å². The number of aromatic nitrogens is 5. The maximum Gasteiger partial charge on any atom is 0.329 e. The van der Waals surface area contributed by atoms with Gasteiger partial charge in [0.15, 0.2) is 16.9 Å². The summed E-state index contributed by atoms with van der Waals surface area (Å²) < 4.78 is 3.62. The summed E-state index contributed by atoms with van der Waals surface area (Å²) in [7, 11) is 1.51. The van der Waals surface area contributed by atoms with Crippen LogP contribution in [0.2, 0.25) is 0 Å². The fourth-order valence-corrected chi connectivity index (χ4v) is 3.29. The zero-order valence-electron chi connectivity index (χ0n) is 14.3. The zero-order valence-corrected chi connectivity index (χ0v) is 15.9. The molecule has 0 unspecified atom stereocenters. The molecule has 3 heterocycles. The zero-order chi connectivity index (χ0) is 19.3. The molecule has 1 aromatic carbocycles. The predicted octanol–water partition coefficient (Wildman–Crippen LogP) is 2.81. The molecule has 3 aromatic heterocycles. The van der Waals surface area contributed by atoms with Crippen molar-refractivity contribution in [3.63, 3.8) is 0 Å². The van der Waals surface area contributed by atoms with E-state index in [1.807, 2.05) is 13.0 Å². The molecule has 0 aliphatic heterocycles. The highest BCUT2D eigenvalue weighted by atomic mass is 79.9. The number of rotatable bonds is 3. The third-order valence-corrected chi connectivity index (χ3v) is 4.75. The van der Waals surface area contributed by atoms with E-state index in [-0.39, 0.29) is 28.7 Å². The van der Waals surface area contributed by atoms with Gasteiger partial charge in [-0.15, -0.1) is 10.2 Å². The standard InChI is InChI=1S/C16H14BrN7O3/c1-3-24-11-12(23(2)16(27)20-14(11)26)19-15(24)22-21-10-8-6-7(17)4-5-9(8)18-13(10)25/h4-6,18,25H,3H2,1-2H3,(H,20,26,27). The van der Waals surface area contributed by atoms with E-state index < -0.39 is 11.2 Å². The number of imidazole rings is 1. The first-order valence-electron chi connectivity index (χ1n) is 8.02. The first kappa shape index (κ1) is 17.2. The molecule has 0 bridgehead atoms. The van der Waals surface area contributed by atoms with Crippen LogP contribution < -0.4 is 11.2 Å². The van der Waals surface area contributed by atoms with Gasteiger partial charge in [-0.05, 0) is 25.1 Å². The van der Waals surface area contributed by atoms with Crippen LogP contribution in [0.3, 0.4) is 0 Å². The maximum atomic E-state index is 12.2. The summed E-state index contributed by atoms with van der Waals surface area (Å²) in [5.41, 5.74) is 0.305. The minimum atomic E-state index is -0.559. The Morgan fingerprint density at radius 3 is 2.78 bits per heavy atom. The van der Waals surface area contributed by atoms with Gasteiger partial charge in [0.25, 0.3) is 11.5 Å². The van der Waals surface area contributed by atoms with Crippen molar-refractivity contribution in [3.05, 3.63) is 43.5 Å². The molecule has 11 heteroatoms. The van der Waals surface area contributed by atoms with Gasteiger partial charge in [-0.3, -0.25) is 14.3 Å². The minimum absolute atomic E-state index is 0.128. The molecule has 27 heavy (non-hydrogen) atoms. The van der Waals surface area contributed by atoms with Gasteiger partial charge < -0.3 is 14.7 Å². The van der Waals surface area contributed by atoms with Crippen LogP contribution in [0.15, 0.2) is 42.5 Å². The normalized spacial score (nSPS) is 12.0. The molecular weight excluding hydrogens is 418 g/mol. The number of nitrogens with zero attached hydrogens (tertiary/aromatic N) is 5. The molecule has 3 N–H and O–H groups in total. The molecule has 10 nitrogen and oxygen atoms in total.